The van der Waals surface area contributed by atoms with Crippen LogP contribution in [-0.4, -0.2) is 13.1 Å². The molecule has 0 aliphatic rings. The Labute approximate surface area is 114 Å². The first-order chi connectivity index (χ1) is 9.22. The number of hydrogen-bond acceptors (Lipinski definition) is 3. The molecule has 0 amide bonds. The number of nitrogens with zero attached hydrogens (tertiary/aromatic N) is 1. The highest BCUT2D eigenvalue weighted by molar-refractivity contribution is 5.89. The molecule has 0 saturated heterocycles. The van der Waals surface area contributed by atoms with Crippen LogP contribution in [0.3, 0.4) is 0 Å². The molecular weight excluding hydrogens is 238 g/mol. The number of carbonyl (C=O) groups is 1. The Balaban J connectivity index is 2.64. The van der Waals surface area contributed by atoms with E-state index in [1.54, 1.807) is 12.1 Å². The molecule has 1 rings (SSSR count). The first kappa shape index (κ1) is 15.0. The van der Waals surface area contributed by atoms with E-state index in [0.29, 0.717) is 12.0 Å². The molecule has 0 fully saturated rings. The maximum absolute atomic E-state index is 11.3. The Morgan fingerprint density at radius 3 is 2.63 bits per heavy atom. The van der Waals surface area contributed by atoms with E-state index < -0.39 is 0 Å². The van der Waals surface area contributed by atoms with E-state index in [-0.39, 0.29) is 11.9 Å². The van der Waals surface area contributed by atoms with Crippen molar-refractivity contribution in [3.63, 3.8) is 0 Å². The molecule has 0 aliphatic carbocycles. The summed E-state index contributed by atoms with van der Waals surface area (Å²) in [6.45, 7) is 3.85. The second kappa shape index (κ2) is 8.10. The van der Waals surface area contributed by atoms with E-state index in [4.69, 9.17) is 5.26 Å². The average molecular weight is 257 g/mol. The van der Waals surface area contributed by atoms with Gasteiger partial charge in [-0.05, 0) is 30.5 Å². The van der Waals surface area contributed by atoms with Crippen molar-refractivity contribution >= 4 is 5.97 Å². The normalized spacial score (nSPS) is 11.4. The topological polar surface area (TPSA) is 50.1 Å². The highest BCUT2D eigenvalue weighted by atomic mass is 16.5. The molecule has 0 saturated carbocycles. The smallest absolute Gasteiger partial charge is 0.337 e. The number of carbonyl (C=O) groups excluding carboxylic acids is 1. The van der Waals surface area contributed by atoms with Crippen LogP contribution in [0.15, 0.2) is 36.9 Å². The predicted molar refractivity (Wildman–Crippen MR) is 74.8 cm³/mol. The van der Waals surface area contributed by atoms with Crippen LogP contribution in [-0.2, 0) is 4.74 Å². The zero-order valence-corrected chi connectivity index (χ0v) is 11.3. The second-order valence-corrected chi connectivity index (χ2v) is 4.36. The SMILES string of the molecule is C=CC(CCCCC#N)c1ccc(C(=O)OC)cc1. The van der Waals surface area contributed by atoms with E-state index in [2.05, 4.69) is 17.4 Å². The van der Waals surface area contributed by atoms with Crippen molar-refractivity contribution in [3.8, 4) is 6.07 Å². The van der Waals surface area contributed by atoms with Gasteiger partial charge in [0.05, 0.1) is 18.7 Å². The van der Waals surface area contributed by atoms with Crippen LogP contribution >= 0.6 is 0 Å². The molecule has 1 atom stereocenters. The molecule has 19 heavy (non-hydrogen) atoms. The summed E-state index contributed by atoms with van der Waals surface area (Å²) < 4.78 is 4.67. The first-order valence-electron chi connectivity index (χ1n) is 6.40. The molecule has 0 aromatic heterocycles. The van der Waals surface area contributed by atoms with Gasteiger partial charge in [-0.2, -0.15) is 5.26 Å². The number of unbranched alkanes of at least 4 members (excludes halogenated alkanes) is 2. The average Bonchev–Trinajstić information content (AvgIpc) is 2.47. The molecule has 100 valence electrons. The van der Waals surface area contributed by atoms with Crippen LogP contribution in [0.4, 0.5) is 0 Å². The first-order valence-corrected chi connectivity index (χ1v) is 6.40. The van der Waals surface area contributed by atoms with E-state index >= 15 is 0 Å². The molecular formula is C16H19NO2. The quantitative estimate of drug-likeness (QED) is 0.424. The summed E-state index contributed by atoms with van der Waals surface area (Å²) >= 11 is 0. The molecule has 3 nitrogen and oxygen atoms in total. The van der Waals surface area contributed by atoms with Gasteiger partial charge >= 0.3 is 5.97 Å². The van der Waals surface area contributed by atoms with E-state index in [1.165, 1.54) is 7.11 Å². The zero-order valence-electron chi connectivity index (χ0n) is 11.3. The number of ether oxygens (including phenoxy) is 1. The van der Waals surface area contributed by atoms with Gasteiger partial charge in [0.1, 0.15) is 0 Å². The molecule has 1 unspecified atom stereocenters. The lowest BCUT2D eigenvalue weighted by atomic mass is 9.92. The Morgan fingerprint density at radius 2 is 2.11 bits per heavy atom. The van der Waals surface area contributed by atoms with Gasteiger partial charge in [-0.25, -0.2) is 4.79 Å². The predicted octanol–water partition coefficient (Wildman–Crippen LogP) is 3.83. The maximum atomic E-state index is 11.3. The minimum Gasteiger partial charge on any atom is -0.465 e. The maximum Gasteiger partial charge on any atom is 0.337 e. The van der Waals surface area contributed by atoms with Crippen molar-refractivity contribution in [1.29, 1.82) is 5.26 Å². The summed E-state index contributed by atoms with van der Waals surface area (Å²) in [5.74, 6) is -0.0545. The highest BCUT2D eigenvalue weighted by Crippen LogP contribution is 2.24. The molecule has 0 N–H and O–H groups in total. The van der Waals surface area contributed by atoms with Crippen molar-refractivity contribution in [2.24, 2.45) is 0 Å². The van der Waals surface area contributed by atoms with Gasteiger partial charge in [-0.1, -0.05) is 24.6 Å². The number of esters is 1. The fourth-order valence-corrected chi connectivity index (χ4v) is 1.97. The Hall–Kier alpha value is -2.08. The van der Waals surface area contributed by atoms with Gasteiger partial charge in [-0.15, -0.1) is 6.58 Å². The monoisotopic (exact) mass is 257 g/mol. The van der Waals surface area contributed by atoms with E-state index in [0.717, 1.165) is 24.8 Å². The van der Waals surface area contributed by atoms with Crippen LogP contribution in [0.1, 0.15) is 47.5 Å². The summed E-state index contributed by atoms with van der Waals surface area (Å²) in [6, 6.07) is 9.56. The van der Waals surface area contributed by atoms with E-state index in [1.807, 2.05) is 18.2 Å². The largest absolute Gasteiger partial charge is 0.465 e. The van der Waals surface area contributed by atoms with Crippen molar-refractivity contribution in [2.75, 3.05) is 7.11 Å². The van der Waals surface area contributed by atoms with Gasteiger partial charge < -0.3 is 4.74 Å². The molecule has 1 aromatic rings. The molecule has 1 aromatic carbocycles. The number of allylic oxidation sites excluding steroid dienone is 1. The summed E-state index contributed by atoms with van der Waals surface area (Å²) in [7, 11) is 1.37. The minimum atomic E-state index is -0.323. The lowest BCUT2D eigenvalue weighted by molar-refractivity contribution is 0.0600. The van der Waals surface area contributed by atoms with Gasteiger partial charge in [0.25, 0.3) is 0 Å². The van der Waals surface area contributed by atoms with Crippen LogP contribution in [0, 0.1) is 11.3 Å². The van der Waals surface area contributed by atoms with Crippen LogP contribution in [0.5, 0.6) is 0 Å². The van der Waals surface area contributed by atoms with Crippen molar-refractivity contribution < 1.29 is 9.53 Å². The standard InChI is InChI=1S/C16H19NO2/c1-3-13(7-5-4-6-12-17)14-8-10-15(11-9-14)16(18)19-2/h3,8-11,13H,1,4-7H2,2H3. The third-order valence-corrected chi connectivity index (χ3v) is 3.10. The third kappa shape index (κ3) is 4.59. The van der Waals surface area contributed by atoms with Crippen molar-refractivity contribution in [3.05, 3.63) is 48.0 Å². The van der Waals surface area contributed by atoms with Gasteiger partial charge in [0, 0.05) is 12.3 Å². The minimum absolute atomic E-state index is 0.269. The Kier molecular flexibility index (Phi) is 6.38. The summed E-state index contributed by atoms with van der Waals surface area (Å²) in [5, 5.41) is 8.50. The van der Waals surface area contributed by atoms with Gasteiger partial charge in [0.15, 0.2) is 0 Å². The molecule has 0 radical (unpaired) electrons. The molecule has 0 heterocycles. The highest BCUT2D eigenvalue weighted by Gasteiger charge is 2.09. The fraction of sp³-hybridized carbons (Fsp3) is 0.375. The number of nitriles is 1. The van der Waals surface area contributed by atoms with Gasteiger partial charge in [0.2, 0.25) is 0 Å². The van der Waals surface area contributed by atoms with Crippen LogP contribution in [0.2, 0.25) is 0 Å². The molecule has 0 bridgehead atoms. The number of rotatable bonds is 7. The molecule has 0 aliphatic heterocycles. The van der Waals surface area contributed by atoms with E-state index in [9.17, 15) is 4.79 Å². The van der Waals surface area contributed by atoms with Crippen LogP contribution < -0.4 is 0 Å². The molecule has 0 spiro atoms. The second-order valence-electron chi connectivity index (χ2n) is 4.36. The summed E-state index contributed by atoms with van der Waals surface area (Å²) in [5.41, 5.74) is 1.69. The lowest BCUT2D eigenvalue weighted by Crippen LogP contribution is -2.02. The van der Waals surface area contributed by atoms with Crippen molar-refractivity contribution in [2.45, 2.75) is 31.6 Å². The third-order valence-electron chi connectivity index (χ3n) is 3.10. The van der Waals surface area contributed by atoms with Crippen molar-refractivity contribution in [1.82, 2.24) is 0 Å². The number of methoxy groups -OCH3 is 1. The fourth-order valence-electron chi connectivity index (χ4n) is 1.97. The summed E-state index contributed by atoms with van der Waals surface area (Å²) in [6.07, 6.45) is 5.41. The Morgan fingerprint density at radius 1 is 1.42 bits per heavy atom. The Bertz CT molecular complexity index is 457. The summed E-state index contributed by atoms with van der Waals surface area (Å²) in [4.78, 5) is 11.3. The zero-order chi connectivity index (χ0) is 14.1. The van der Waals surface area contributed by atoms with Gasteiger partial charge in [-0.3, -0.25) is 0 Å². The lowest BCUT2D eigenvalue weighted by Gasteiger charge is -2.12. The molecule has 3 heteroatoms. The van der Waals surface area contributed by atoms with Crippen LogP contribution in [0.25, 0.3) is 0 Å². The number of hydrogen-bond donors (Lipinski definition) is 0. The number of benzene rings is 1.